The Morgan fingerprint density at radius 2 is 2.26 bits per heavy atom. The molecule has 1 aromatic heterocycles. The first-order chi connectivity index (χ1) is 11.0. The normalized spacial score (nSPS) is 26.1. The molecule has 23 heavy (non-hydrogen) atoms. The molecule has 2 amide bonds. The van der Waals surface area contributed by atoms with Gasteiger partial charge in [0.15, 0.2) is 6.04 Å². The molecule has 0 saturated carbocycles. The number of thioether (sulfide) groups is 1. The van der Waals surface area contributed by atoms with E-state index in [0.29, 0.717) is 0 Å². The van der Waals surface area contributed by atoms with Crippen LogP contribution in [-0.2, 0) is 25.6 Å². The minimum absolute atomic E-state index is 0.0375. The van der Waals surface area contributed by atoms with Crippen molar-refractivity contribution in [2.24, 2.45) is 0 Å². The molecule has 2 N–H and O–H groups in total. The Morgan fingerprint density at radius 3 is 2.87 bits per heavy atom. The summed E-state index contributed by atoms with van der Waals surface area (Å²) in [7, 11) is 0. The van der Waals surface area contributed by atoms with E-state index in [4.69, 9.17) is 0 Å². The standard InChI is InChI=1S/C14H12N2O5S2/c17-5-7-6-23-13-10(12(19)16(13)11(7)14(20)21)15-9(18)4-8-2-1-3-22-8/h1-3,10-11,13H,4,6H2,(H,15,18)(H,20,21)/t10?,11?,13-/m0/s1. The Morgan fingerprint density at radius 1 is 1.48 bits per heavy atom. The summed E-state index contributed by atoms with van der Waals surface area (Å²) >= 11 is 2.71. The predicted octanol–water partition coefficient (Wildman–Crippen LogP) is -0.0983. The first-order valence-electron chi connectivity index (χ1n) is 6.75. The van der Waals surface area contributed by atoms with Crippen molar-refractivity contribution in [1.29, 1.82) is 0 Å². The number of carboxylic acids is 1. The molecule has 0 bridgehead atoms. The summed E-state index contributed by atoms with van der Waals surface area (Å²) in [5, 5.41) is 13.3. The minimum Gasteiger partial charge on any atom is -0.479 e. The first kappa shape index (κ1) is 15.8. The second kappa shape index (κ2) is 6.19. The zero-order chi connectivity index (χ0) is 16.6. The Balaban J connectivity index is 1.68. The van der Waals surface area contributed by atoms with Crippen molar-refractivity contribution in [3.63, 3.8) is 0 Å². The summed E-state index contributed by atoms with van der Waals surface area (Å²) in [5.74, 6) is -0.228. The highest BCUT2D eigenvalue weighted by molar-refractivity contribution is 8.00. The summed E-state index contributed by atoms with van der Waals surface area (Å²) < 4.78 is 0. The molecule has 9 heteroatoms. The van der Waals surface area contributed by atoms with Crippen LogP contribution >= 0.6 is 23.1 Å². The van der Waals surface area contributed by atoms with Gasteiger partial charge in [0, 0.05) is 10.6 Å². The molecule has 2 fully saturated rings. The van der Waals surface area contributed by atoms with Crippen LogP contribution in [0.5, 0.6) is 0 Å². The van der Waals surface area contributed by atoms with E-state index in [1.807, 2.05) is 17.5 Å². The molecule has 120 valence electrons. The molecular weight excluding hydrogens is 340 g/mol. The monoisotopic (exact) mass is 352 g/mol. The van der Waals surface area contributed by atoms with Crippen molar-refractivity contribution in [3.8, 4) is 0 Å². The highest BCUT2D eigenvalue weighted by Crippen LogP contribution is 2.39. The van der Waals surface area contributed by atoms with Crippen LogP contribution in [0.3, 0.4) is 0 Å². The average Bonchev–Trinajstić information content (AvgIpc) is 3.03. The van der Waals surface area contributed by atoms with Crippen LogP contribution < -0.4 is 5.32 Å². The lowest BCUT2D eigenvalue weighted by Gasteiger charge is -2.51. The van der Waals surface area contributed by atoms with Gasteiger partial charge in [-0.3, -0.25) is 9.59 Å². The average molecular weight is 352 g/mol. The van der Waals surface area contributed by atoms with Crippen LogP contribution in [0.4, 0.5) is 0 Å². The first-order valence-corrected chi connectivity index (χ1v) is 8.68. The van der Waals surface area contributed by atoms with Crippen molar-refractivity contribution in [2.75, 3.05) is 5.75 Å². The summed E-state index contributed by atoms with van der Waals surface area (Å²) in [5.41, 5.74) is 0.0375. The van der Waals surface area contributed by atoms with Gasteiger partial charge in [0.05, 0.1) is 12.0 Å². The van der Waals surface area contributed by atoms with Gasteiger partial charge in [0.2, 0.25) is 11.8 Å². The van der Waals surface area contributed by atoms with Gasteiger partial charge in [-0.05, 0) is 11.4 Å². The van der Waals surface area contributed by atoms with E-state index in [1.165, 1.54) is 23.1 Å². The zero-order valence-electron chi connectivity index (χ0n) is 11.7. The van der Waals surface area contributed by atoms with E-state index >= 15 is 0 Å². The number of carbonyl (C=O) groups excluding carboxylic acids is 3. The Bertz CT molecular complexity index is 711. The van der Waals surface area contributed by atoms with E-state index < -0.39 is 29.3 Å². The van der Waals surface area contributed by atoms with E-state index in [0.717, 1.165) is 9.78 Å². The number of nitrogens with zero attached hydrogens (tertiary/aromatic N) is 1. The van der Waals surface area contributed by atoms with Gasteiger partial charge in [-0.25, -0.2) is 9.59 Å². The second-order valence-corrected chi connectivity index (χ2v) is 7.25. The number of rotatable bonds is 4. The molecule has 2 unspecified atom stereocenters. The number of hydrogen-bond acceptors (Lipinski definition) is 6. The molecule has 0 aromatic carbocycles. The smallest absolute Gasteiger partial charge is 0.331 e. The molecule has 3 atom stereocenters. The van der Waals surface area contributed by atoms with Crippen LogP contribution in [0.1, 0.15) is 4.88 Å². The van der Waals surface area contributed by atoms with Gasteiger partial charge in [-0.15, -0.1) is 23.1 Å². The third-order valence-corrected chi connectivity index (χ3v) is 5.89. The quantitative estimate of drug-likeness (QED) is 0.579. The van der Waals surface area contributed by atoms with Gasteiger partial charge in [0.1, 0.15) is 17.4 Å². The summed E-state index contributed by atoms with van der Waals surface area (Å²) in [6, 6.07) is 1.64. The number of thiophene rings is 1. The minimum atomic E-state index is -1.28. The molecule has 0 aliphatic carbocycles. The molecule has 7 nitrogen and oxygen atoms in total. The number of hydrogen-bond donors (Lipinski definition) is 2. The zero-order valence-corrected chi connectivity index (χ0v) is 13.4. The van der Waals surface area contributed by atoms with E-state index in [9.17, 15) is 24.3 Å². The van der Waals surface area contributed by atoms with Gasteiger partial charge in [0.25, 0.3) is 0 Å². The maximum absolute atomic E-state index is 12.2. The van der Waals surface area contributed by atoms with E-state index in [2.05, 4.69) is 5.32 Å². The molecule has 2 saturated heterocycles. The third kappa shape index (κ3) is 2.78. The van der Waals surface area contributed by atoms with Gasteiger partial charge >= 0.3 is 5.97 Å². The molecule has 1 aromatic rings. The van der Waals surface area contributed by atoms with Gasteiger partial charge < -0.3 is 15.3 Å². The molecule has 3 rings (SSSR count). The number of amides is 2. The fraction of sp³-hybridized carbons (Fsp3) is 0.357. The van der Waals surface area contributed by atoms with Gasteiger partial charge in [-0.2, -0.15) is 0 Å². The summed E-state index contributed by atoms with van der Waals surface area (Å²) in [6.07, 6.45) is 0.181. The second-order valence-electron chi connectivity index (χ2n) is 5.12. The lowest BCUT2D eigenvalue weighted by atomic mass is 9.98. The molecule has 0 spiro atoms. The Kier molecular flexibility index (Phi) is 4.25. The van der Waals surface area contributed by atoms with Crippen molar-refractivity contribution in [3.05, 3.63) is 28.0 Å². The van der Waals surface area contributed by atoms with Crippen LogP contribution in [-0.4, -0.2) is 56.9 Å². The Labute approximate surface area is 139 Å². The number of nitrogens with one attached hydrogen (secondary N) is 1. The highest BCUT2D eigenvalue weighted by atomic mass is 32.2. The molecule has 2 aliphatic rings. The van der Waals surface area contributed by atoms with Crippen LogP contribution in [0.15, 0.2) is 23.1 Å². The number of carboxylic acid groups (broad SMARTS) is 1. The fourth-order valence-electron chi connectivity index (χ4n) is 2.64. The van der Waals surface area contributed by atoms with E-state index in [1.54, 1.807) is 5.94 Å². The fourth-order valence-corrected chi connectivity index (χ4v) is 4.68. The summed E-state index contributed by atoms with van der Waals surface area (Å²) in [4.78, 5) is 48.4. The molecule has 2 aliphatic heterocycles. The van der Waals surface area contributed by atoms with E-state index in [-0.39, 0.29) is 23.7 Å². The SMILES string of the molecule is O=C=C1CS[C@H]2C(NC(=O)Cc3cccs3)C(=O)N2C1C(=O)O. The maximum atomic E-state index is 12.2. The number of aliphatic carboxylic acids is 1. The van der Waals surface area contributed by atoms with Crippen LogP contribution in [0.2, 0.25) is 0 Å². The summed E-state index contributed by atoms with van der Waals surface area (Å²) in [6.45, 7) is 0. The van der Waals surface area contributed by atoms with Gasteiger partial charge in [-0.1, -0.05) is 6.07 Å². The number of carbonyl (C=O) groups is 3. The predicted molar refractivity (Wildman–Crippen MR) is 83.7 cm³/mol. The molecular formula is C14H12N2O5S2. The molecule has 3 heterocycles. The van der Waals surface area contributed by atoms with Crippen molar-refractivity contribution < 1.29 is 24.3 Å². The number of β-lactam (4-membered cyclic amide) rings is 1. The third-order valence-electron chi connectivity index (χ3n) is 3.69. The van der Waals surface area contributed by atoms with Crippen molar-refractivity contribution in [2.45, 2.75) is 23.9 Å². The number of fused-ring (bicyclic) bond motifs is 1. The van der Waals surface area contributed by atoms with Crippen molar-refractivity contribution in [1.82, 2.24) is 10.2 Å². The van der Waals surface area contributed by atoms with Crippen molar-refractivity contribution >= 4 is 46.8 Å². The Hall–Kier alpha value is -2.09. The lowest BCUT2D eigenvalue weighted by Crippen LogP contribution is -2.74. The lowest BCUT2D eigenvalue weighted by molar-refractivity contribution is -0.160. The highest BCUT2D eigenvalue weighted by Gasteiger charge is 2.56. The molecule has 0 radical (unpaired) electrons. The largest absolute Gasteiger partial charge is 0.479 e. The maximum Gasteiger partial charge on any atom is 0.331 e. The van der Waals surface area contributed by atoms with Crippen LogP contribution in [0, 0.1) is 0 Å². The van der Waals surface area contributed by atoms with Crippen LogP contribution in [0.25, 0.3) is 0 Å². The topological polar surface area (TPSA) is 104 Å².